The molecule has 2 atom stereocenters. The van der Waals surface area contributed by atoms with Gasteiger partial charge in [0.05, 0.1) is 0 Å². The second-order valence-corrected chi connectivity index (χ2v) is 5.38. The van der Waals surface area contributed by atoms with Gasteiger partial charge < -0.3 is 5.11 Å². The highest BCUT2D eigenvalue weighted by atomic mass is 16.4. The molecule has 0 aromatic carbocycles. The summed E-state index contributed by atoms with van der Waals surface area (Å²) in [4.78, 5) is 10.7. The molecule has 0 radical (unpaired) electrons. The average Bonchev–Trinajstić information content (AvgIpc) is 2.24. The van der Waals surface area contributed by atoms with Crippen LogP contribution in [0, 0.1) is 17.3 Å². The first kappa shape index (κ1) is 11.3. The molecule has 1 aliphatic carbocycles. The van der Waals surface area contributed by atoms with Gasteiger partial charge in [0, 0.05) is 6.42 Å². The SMILES string of the molecule is C=C(C)[C@H]1CC(C)(C)C[C@H]1CC(=O)O. The Balaban J connectivity index is 2.72. The molecule has 0 aliphatic heterocycles. The third-order valence-corrected chi connectivity index (χ3v) is 3.23. The number of aliphatic carboxylic acids is 1. The summed E-state index contributed by atoms with van der Waals surface area (Å²) in [5, 5.41) is 8.81. The maximum absolute atomic E-state index is 10.7. The summed E-state index contributed by atoms with van der Waals surface area (Å²) in [7, 11) is 0. The molecule has 1 saturated carbocycles. The number of hydrogen-bond donors (Lipinski definition) is 1. The van der Waals surface area contributed by atoms with Crippen LogP contribution in [0.2, 0.25) is 0 Å². The Morgan fingerprint density at radius 1 is 1.50 bits per heavy atom. The highest BCUT2D eigenvalue weighted by molar-refractivity contribution is 5.67. The van der Waals surface area contributed by atoms with Gasteiger partial charge >= 0.3 is 5.97 Å². The lowest BCUT2D eigenvalue weighted by atomic mass is 9.88. The van der Waals surface area contributed by atoms with Crippen LogP contribution in [0.25, 0.3) is 0 Å². The van der Waals surface area contributed by atoms with E-state index in [4.69, 9.17) is 5.11 Å². The molecule has 0 aromatic rings. The largest absolute Gasteiger partial charge is 0.481 e. The Kier molecular flexibility index (Phi) is 3.03. The zero-order valence-corrected chi connectivity index (χ0v) is 9.34. The molecule has 14 heavy (non-hydrogen) atoms. The number of carboxylic acid groups (broad SMARTS) is 1. The van der Waals surface area contributed by atoms with Crippen molar-refractivity contribution in [2.45, 2.75) is 40.0 Å². The van der Waals surface area contributed by atoms with Gasteiger partial charge in [-0.2, -0.15) is 0 Å². The van der Waals surface area contributed by atoms with E-state index < -0.39 is 5.97 Å². The molecule has 0 bridgehead atoms. The molecular weight excluding hydrogens is 176 g/mol. The molecule has 2 nitrogen and oxygen atoms in total. The Morgan fingerprint density at radius 2 is 2.07 bits per heavy atom. The van der Waals surface area contributed by atoms with Crippen molar-refractivity contribution >= 4 is 5.97 Å². The van der Waals surface area contributed by atoms with Crippen molar-refractivity contribution in [1.29, 1.82) is 0 Å². The first-order chi connectivity index (χ1) is 6.32. The van der Waals surface area contributed by atoms with Crippen LogP contribution >= 0.6 is 0 Å². The van der Waals surface area contributed by atoms with Crippen LogP contribution in [-0.4, -0.2) is 11.1 Å². The fourth-order valence-corrected chi connectivity index (χ4v) is 2.71. The standard InChI is InChI=1S/C12H20O2/c1-8(2)10-7-12(3,4)6-9(10)5-11(13)14/h9-10H,1,5-7H2,2-4H3,(H,13,14)/t9-,10-/m1/s1. The Bertz CT molecular complexity index is 253. The molecule has 0 spiro atoms. The van der Waals surface area contributed by atoms with Gasteiger partial charge in [-0.05, 0) is 37.0 Å². The fourth-order valence-electron chi connectivity index (χ4n) is 2.71. The number of carboxylic acids is 1. The van der Waals surface area contributed by atoms with Crippen LogP contribution in [-0.2, 0) is 4.79 Å². The zero-order valence-electron chi connectivity index (χ0n) is 9.34. The first-order valence-electron chi connectivity index (χ1n) is 5.19. The zero-order chi connectivity index (χ0) is 10.9. The highest BCUT2D eigenvalue weighted by Gasteiger charge is 2.40. The predicted octanol–water partition coefficient (Wildman–Crippen LogP) is 3.09. The van der Waals surface area contributed by atoms with Crippen molar-refractivity contribution in [2.24, 2.45) is 17.3 Å². The minimum absolute atomic E-state index is 0.281. The molecule has 1 N–H and O–H groups in total. The molecule has 1 fully saturated rings. The summed E-state index contributed by atoms with van der Waals surface area (Å²) in [5.41, 5.74) is 1.42. The molecule has 0 aromatic heterocycles. The molecule has 0 saturated heterocycles. The van der Waals surface area contributed by atoms with Crippen molar-refractivity contribution in [3.05, 3.63) is 12.2 Å². The number of allylic oxidation sites excluding steroid dienone is 1. The average molecular weight is 196 g/mol. The van der Waals surface area contributed by atoms with Crippen LogP contribution < -0.4 is 0 Å². The van der Waals surface area contributed by atoms with Gasteiger partial charge in [-0.3, -0.25) is 4.79 Å². The van der Waals surface area contributed by atoms with E-state index in [1.165, 1.54) is 0 Å². The third-order valence-electron chi connectivity index (χ3n) is 3.23. The van der Waals surface area contributed by atoms with E-state index in [0.717, 1.165) is 18.4 Å². The van der Waals surface area contributed by atoms with Crippen LogP contribution in [0.3, 0.4) is 0 Å². The minimum Gasteiger partial charge on any atom is -0.481 e. The Morgan fingerprint density at radius 3 is 2.50 bits per heavy atom. The third kappa shape index (κ3) is 2.60. The van der Waals surface area contributed by atoms with Crippen molar-refractivity contribution in [2.75, 3.05) is 0 Å². The molecule has 1 aliphatic rings. The Hall–Kier alpha value is -0.790. The minimum atomic E-state index is -0.682. The lowest BCUT2D eigenvalue weighted by molar-refractivity contribution is -0.138. The van der Waals surface area contributed by atoms with E-state index in [1.807, 2.05) is 6.92 Å². The van der Waals surface area contributed by atoms with Crippen LogP contribution in [0.5, 0.6) is 0 Å². The van der Waals surface area contributed by atoms with Gasteiger partial charge in [0.1, 0.15) is 0 Å². The summed E-state index contributed by atoms with van der Waals surface area (Å²) in [6, 6.07) is 0. The number of carbonyl (C=O) groups is 1. The quantitative estimate of drug-likeness (QED) is 0.704. The van der Waals surface area contributed by atoms with Gasteiger partial charge in [-0.15, -0.1) is 0 Å². The molecule has 2 heteroatoms. The van der Waals surface area contributed by atoms with E-state index >= 15 is 0 Å². The van der Waals surface area contributed by atoms with Gasteiger partial charge in [0.25, 0.3) is 0 Å². The Labute approximate surface area is 86.0 Å². The maximum atomic E-state index is 10.7. The van der Waals surface area contributed by atoms with Crippen LogP contribution in [0.1, 0.15) is 40.0 Å². The second-order valence-electron chi connectivity index (χ2n) is 5.38. The molecular formula is C12H20O2. The molecule has 1 rings (SSSR count). The van der Waals surface area contributed by atoms with Crippen molar-refractivity contribution < 1.29 is 9.90 Å². The van der Waals surface area contributed by atoms with Crippen molar-refractivity contribution in [3.8, 4) is 0 Å². The number of hydrogen-bond acceptors (Lipinski definition) is 1. The van der Waals surface area contributed by atoms with Gasteiger partial charge in [-0.1, -0.05) is 26.0 Å². The van der Waals surface area contributed by atoms with Gasteiger partial charge in [-0.25, -0.2) is 0 Å². The smallest absolute Gasteiger partial charge is 0.303 e. The summed E-state index contributed by atoms with van der Waals surface area (Å²) in [6.07, 6.45) is 2.39. The lowest BCUT2D eigenvalue weighted by Crippen LogP contribution is -2.13. The van der Waals surface area contributed by atoms with Crippen molar-refractivity contribution in [1.82, 2.24) is 0 Å². The van der Waals surface area contributed by atoms with E-state index in [9.17, 15) is 4.79 Å². The van der Waals surface area contributed by atoms with E-state index in [1.54, 1.807) is 0 Å². The fraction of sp³-hybridized carbons (Fsp3) is 0.750. The molecule has 0 heterocycles. The highest BCUT2D eigenvalue weighted by Crippen LogP contribution is 2.48. The second kappa shape index (κ2) is 3.76. The van der Waals surface area contributed by atoms with Crippen LogP contribution in [0.15, 0.2) is 12.2 Å². The number of rotatable bonds is 3. The van der Waals surface area contributed by atoms with E-state index in [2.05, 4.69) is 20.4 Å². The molecule has 0 unspecified atom stereocenters. The summed E-state index contributed by atoms with van der Waals surface area (Å²) in [5.74, 6) is 0.0139. The predicted molar refractivity (Wildman–Crippen MR) is 57.1 cm³/mol. The molecule has 80 valence electrons. The van der Waals surface area contributed by atoms with E-state index in [0.29, 0.717) is 18.3 Å². The van der Waals surface area contributed by atoms with Gasteiger partial charge in [0.2, 0.25) is 0 Å². The van der Waals surface area contributed by atoms with Gasteiger partial charge in [0.15, 0.2) is 0 Å². The summed E-state index contributed by atoms with van der Waals surface area (Å²) < 4.78 is 0. The van der Waals surface area contributed by atoms with Crippen LogP contribution in [0.4, 0.5) is 0 Å². The normalized spacial score (nSPS) is 30.2. The maximum Gasteiger partial charge on any atom is 0.303 e. The molecule has 0 amide bonds. The summed E-state index contributed by atoms with van der Waals surface area (Å²) in [6.45, 7) is 10.4. The first-order valence-corrected chi connectivity index (χ1v) is 5.19. The monoisotopic (exact) mass is 196 g/mol. The van der Waals surface area contributed by atoms with Crippen molar-refractivity contribution in [3.63, 3.8) is 0 Å². The topological polar surface area (TPSA) is 37.3 Å². The lowest BCUT2D eigenvalue weighted by Gasteiger charge is -2.17. The van der Waals surface area contributed by atoms with E-state index in [-0.39, 0.29) is 5.41 Å². The summed E-state index contributed by atoms with van der Waals surface area (Å²) >= 11 is 0.